The molecule has 3 rings (SSSR count). The number of nitrogens with zero attached hydrogens (tertiary/aromatic N) is 4. The smallest absolute Gasteiger partial charge is 0.248 e. The zero-order chi connectivity index (χ0) is 20.6. The molecule has 1 aromatic heterocycles. The maximum Gasteiger partial charge on any atom is 0.248 e. The molecular formula is C21H30N4O4. The number of anilines is 1. The minimum absolute atomic E-state index is 0.0273. The summed E-state index contributed by atoms with van der Waals surface area (Å²) in [4.78, 5) is 18.9. The number of benzene rings is 1. The fourth-order valence-corrected chi connectivity index (χ4v) is 3.42. The second kappa shape index (κ2) is 10.4. The van der Waals surface area contributed by atoms with Crippen molar-refractivity contribution in [2.24, 2.45) is 0 Å². The third-order valence-electron chi connectivity index (χ3n) is 5.14. The van der Waals surface area contributed by atoms with Crippen LogP contribution >= 0.6 is 0 Å². The molecule has 0 unspecified atom stereocenters. The van der Waals surface area contributed by atoms with E-state index in [1.807, 2.05) is 30.3 Å². The molecule has 1 aliphatic rings. The van der Waals surface area contributed by atoms with Crippen LogP contribution in [0.3, 0.4) is 0 Å². The van der Waals surface area contributed by atoms with Gasteiger partial charge in [-0.2, -0.15) is 0 Å². The molecule has 8 heteroatoms. The van der Waals surface area contributed by atoms with Gasteiger partial charge in [-0.1, -0.05) is 35.5 Å². The van der Waals surface area contributed by atoms with Crippen LogP contribution in [-0.2, 0) is 20.8 Å². The highest BCUT2D eigenvalue weighted by Crippen LogP contribution is 2.33. The first-order valence-electron chi connectivity index (χ1n) is 9.87. The van der Waals surface area contributed by atoms with E-state index in [1.165, 1.54) is 7.11 Å². The first-order chi connectivity index (χ1) is 14.1. The van der Waals surface area contributed by atoms with Gasteiger partial charge in [0.2, 0.25) is 11.8 Å². The van der Waals surface area contributed by atoms with Crippen molar-refractivity contribution in [3.05, 3.63) is 35.9 Å². The van der Waals surface area contributed by atoms with Crippen LogP contribution in [0.4, 0.5) is 5.88 Å². The number of methoxy groups -OCH3 is 2. The number of aromatic nitrogens is 1. The fourth-order valence-electron chi connectivity index (χ4n) is 3.42. The topological polar surface area (TPSA) is 71.3 Å². The Kier molecular flexibility index (Phi) is 7.62. The van der Waals surface area contributed by atoms with E-state index in [-0.39, 0.29) is 12.5 Å². The minimum Gasteiger partial charge on any atom is -0.383 e. The third kappa shape index (κ3) is 5.35. The van der Waals surface area contributed by atoms with Gasteiger partial charge in [0, 0.05) is 52.5 Å². The highest BCUT2D eigenvalue weighted by molar-refractivity contribution is 5.78. The normalized spacial score (nSPS) is 14.9. The van der Waals surface area contributed by atoms with Crippen LogP contribution in [0.25, 0.3) is 11.3 Å². The van der Waals surface area contributed by atoms with Crippen LogP contribution in [0.2, 0.25) is 0 Å². The summed E-state index contributed by atoms with van der Waals surface area (Å²) in [6.07, 6.45) is 0. The second-order valence-corrected chi connectivity index (χ2v) is 7.21. The molecule has 158 valence electrons. The monoisotopic (exact) mass is 402 g/mol. The van der Waals surface area contributed by atoms with Crippen LogP contribution in [0.15, 0.2) is 34.9 Å². The fraction of sp³-hybridized carbons (Fsp3) is 0.524. The summed E-state index contributed by atoms with van der Waals surface area (Å²) >= 11 is 0. The Morgan fingerprint density at radius 1 is 1.14 bits per heavy atom. The number of hydrogen-bond acceptors (Lipinski definition) is 7. The predicted molar refractivity (Wildman–Crippen MR) is 111 cm³/mol. The molecule has 1 amide bonds. The van der Waals surface area contributed by atoms with Crippen molar-refractivity contribution in [3.8, 4) is 11.3 Å². The minimum atomic E-state index is -0.0888. The molecule has 1 fully saturated rings. The Labute approximate surface area is 171 Å². The molecule has 2 aromatic rings. The maximum atomic E-state index is 12.6. The van der Waals surface area contributed by atoms with E-state index in [4.69, 9.17) is 14.0 Å². The third-order valence-corrected chi connectivity index (χ3v) is 5.14. The van der Waals surface area contributed by atoms with Crippen LogP contribution < -0.4 is 4.90 Å². The highest BCUT2D eigenvalue weighted by atomic mass is 16.5. The first-order valence-corrected chi connectivity index (χ1v) is 9.87. The molecule has 0 aliphatic carbocycles. The van der Waals surface area contributed by atoms with Crippen molar-refractivity contribution in [2.75, 3.05) is 72.1 Å². The second-order valence-electron chi connectivity index (χ2n) is 7.21. The average Bonchev–Trinajstić information content (AvgIpc) is 3.16. The molecule has 1 saturated heterocycles. The van der Waals surface area contributed by atoms with Gasteiger partial charge in [0.25, 0.3) is 0 Å². The standard InChI is InChI=1S/C21H30N4O4/c1-23-9-11-24(12-10-23)21-18(15-25(13-14-27-2)19(26)16-28-3)20(22-29-21)17-7-5-4-6-8-17/h4-8H,9-16H2,1-3H3. The molecule has 0 spiro atoms. The number of ether oxygens (including phenoxy) is 2. The van der Waals surface area contributed by atoms with E-state index in [0.29, 0.717) is 19.7 Å². The molecular weight excluding hydrogens is 372 g/mol. The lowest BCUT2D eigenvalue weighted by Gasteiger charge is -2.33. The molecule has 0 atom stereocenters. The average molecular weight is 402 g/mol. The number of carbonyl (C=O) groups is 1. The lowest BCUT2D eigenvalue weighted by atomic mass is 10.1. The van der Waals surface area contributed by atoms with E-state index >= 15 is 0 Å². The number of likely N-dealkylation sites (N-methyl/N-ethyl adjacent to an activating group) is 1. The van der Waals surface area contributed by atoms with Crippen molar-refractivity contribution in [1.29, 1.82) is 0 Å². The van der Waals surface area contributed by atoms with E-state index in [9.17, 15) is 4.79 Å². The summed E-state index contributed by atoms with van der Waals surface area (Å²) < 4.78 is 16.1. The van der Waals surface area contributed by atoms with Crippen molar-refractivity contribution in [3.63, 3.8) is 0 Å². The van der Waals surface area contributed by atoms with E-state index < -0.39 is 0 Å². The Morgan fingerprint density at radius 3 is 2.52 bits per heavy atom. The van der Waals surface area contributed by atoms with Gasteiger partial charge in [0.05, 0.1) is 18.7 Å². The molecule has 29 heavy (non-hydrogen) atoms. The molecule has 0 N–H and O–H groups in total. The summed E-state index contributed by atoms with van der Waals surface area (Å²) in [7, 11) is 5.27. The predicted octanol–water partition coefficient (Wildman–Crippen LogP) is 1.71. The Morgan fingerprint density at radius 2 is 1.86 bits per heavy atom. The number of amides is 1. The van der Waals surface area contributed by atoms with E-state index in [1.54, 1.807) is 12.0 Å². The Hall–Kier alpha value is -2.42. The van der Waals surface area contributed by atoms with Gasteiger partial charge in [0.1, 0.15) is 12.3 Å². The quantitative estimate of drug-likeness (QED) is 0.632. The van der Waals surface area contributed by atoms with Crippen LogP contribution in [0, 0.1) is 0 Å². The molecule has 1 aromatic carbocycles. The number of rotatable bonds is 9. The lowest BCUT2D eigenvalue weighted by molar-refractivity contribution is -0.136. The number of carbonyl (C=O) groups excluding carboxylic acids is 1. The Balaban J connectivity index is 1.94. The van der Waals surface area contributed by atoms with Gasteiger partial charge < -0.3 is 28.7 Å². The first kappa shape index (κ1) is 21.3. The van der Waals surface area contributed by atoms with Crippen molar-refractivity contribution in [2.45, 2.75) is 6.54 Å². The summed E-state index contributed by atoms with van der Waals surface area (Å²) in [5.74, 6) is 0.652. The lowest BCUT2D eigenvalue weighted by Crippen LogP contribution is -2.45. The van der Waals surface area contributed by atoms with Crippen LogP contribution in [0.1, 0.15) is 5.56 Å². The number of piperazine rings is 1. The largest absolute Gasteiger partial charge is 0.383 e. The van der Waals surface area contributed by atoms with Gasteiger partial charge in [-0.25, -0.2) is 0 Å². The van der Waals surface area contributed by atoms with Crippen molar-refractivity contribution >= 4 is 11.8 Å². The molecule has 2 heterocycles. The van der Waals surface area contributed by atoms with Gasteiger partial charge in [-0.05, 0) is 7.05 Å². The summed E-state index contributed by atoms with van der Waals surface area (Å²) in [6, 6.07) is 9.93. The van der Waals surface area contributed by atoms with Gasteiger partial charge >= 0.3 is 0 Å². The van der Waals surface area contributed by atoms with Gasteiger partial charge in [0.15, 0.2) is 0 Å². The van der Waals surface area contributed by atoms with Crippen molar-refractivity contribution in [1.82, 2.24) is 15.0 Å². The molecule has 0 saturated carbocycles. The SMILES string of the molecule is COCCN(Cc1c(-c2ccccc2)noc1N1CCN(C)CC1)C(=O)COC. The molecule has 8 nitrogen and oxygen atoms in total. The zero-order valence-corrected chi connectivity index (χ0v) is 17.5. The molecule has 0 radical (unpaired) electrons. The van der Waals surface area contributed by atoms with Crippen molar-refractivity contribution < 1.29 is 18.8 Å². The summed E-state index contributed by atoms with van der Waals surface area (Å²) in [6.45, 7) is 4.97. The summed E-state index contributed by atoms with van der Waals surface area (Å²) in [5.41, 5.74) is 2.66. The highest BCUT2D eigenvalue weighted by Gasteiger charge is 2.27. The van der Waals surface area contributed by atoms with Gasteiger partial charge in [-0.3, -0.25) is 4.79 Å². The zero-order valence-electron chi connectivity index (χ0n) is 17.5. The van der Waals surface area contributed by atoms with Crippen LogP contribution in [-0.4, -0.2) is 88.1 Å². The van der Waals surface area contributed by atoms with E-state index in [0.717, 1.165) is 48.9 Å². The summed E-state index contributed by atoms with van der Waals surface area (Å²) in [5, 5.41) is 4.39. The van der Waals surface area contributed by atoms with E-state index in [2.05, 4.69) is 22.0 Å². The molecule has 1 aliphatic heterocycles. The Bertz CT molecular complexity index is 772. The van der Waals surface area contributed by atoms with Crippen LogP contribution in [0.5, 0.6) is 0 Å². The number of hydrogen-bond donors (Lipinski definition) is 0. The van der Waals surface area contributed by atoms with Gasteiger partial charge in [-0.15, -0.1) is 0 Å². The molecule has 0 bridgehead atoms. The maximum absolute atomic E-state index is 12.6.